The van der Waals surface area contributed by atoms with Crippen LogP contribution < -0.4 is 0 Å². The molecule has 4 aromatic carbocycles. The van der Waals surface area contributed by atoms with Crippen molar-refractivity contribution in [1.82, 2.24) is 0 Å². The lowest BCUT2D eigenvalue weighted by Gasteiger charge is -2.14. The van der Waals surface area contributed by atoms with E-state index < -0.39 is 50.9 Å². The molecule has 0 unspecified atom stereocenters. The van der Waals surface area contributed by atoms with E-state index in [-0.39, 0.29) is 33.8 Å². The van der Waals surface area contributed by atoms with E-state index in [4.69, 9.17) is 15.0 Å². The Labute approximate surface area is 424 Å². The van der Waals surface area contributed by atoms with Gasteiger partial charge in [0.15, 0.2) is 0 Å². The number of aryl methyl sites for hydroxylation is 3. The predicted octanol–water partition coefficient (Wildman–Crippen LogP) is 7.71. The summed E-state index contributed by atoms with van der Waals surface area (Å²) < 4.78 is 0. The number of aromatic hydroxyl groups is 3. The number of rotatable bonds is 6. The van der Waals surface area contributed by atoms with Crippen molar-refractivity contribution in [2.75, 3.05) is 0 Å². The number of benzene rings is 4. The van der Waals surface area contributed by atoms with Crippen molar-refractivity contribution in [3.8, 4) is 88.3 Å². The molecule has 0 amide bonds. The van der Waals surface area contributed by atoms with Crippen LogP contribution in [0.3, 0.4) is 0 Å². The van der Waals surface area contributed by atoms with Crippen LogP contribution >= 0.6 is 0 Å². The number of hydrogen-bond acceptors (Lipinski definition) is 12. The summed E-state index contributed by atoms with van der Waals surface area (Å²) in [5, 5.41) is 99.8. The molecule has 372 valence electrons. The van der Waals surface area contributed by atoms with E-state index in [1.807, 2.05) is 20.8 Å². The molecule has 4 aromatic rings. The van der Waals surface area contributed by atoms with Crippen molar-refractivity contribution in [3.05, 3.63) is 103 Å². The summed E-state index contributed by atoms with van der Waals surface area (Å²) in [6, 6.07) is 10.3. The van der Waals surface area contributed by atoms with Gasteiger partial charge in [-0.2, -0.15) is 0 Å². The Morgan fingerprint density at radius 1 is 0.319 bits per heavy atom. The van der Waals surface area contributed by atoms with Gasteiger partial charge in [0.25, 0.3) is 0 Å². The van der Waals surface area contributed by atoms with E-state index in [2.05, 4.69) is 71.0 Å². The Bertz CT molecular complexity index is 2750. The molecule has 0 radical (unpaired) electrons. The lowest BCUT2D eigenvalue weighted by atomic mass is 9.99. The molecule has 0 aliphatic rings. The summed E-state index contributed by atoms with van der Waals surface area (Å²) >= 11 is 0. The fraction of sp³-hybridized carbons (Fsp3) is 0.350. The van der Waals surface area contributed by atoms with Crippen LogP contribution in [0.4, 0.5) is 17.1 Å². The predicted molar refractivity (Wildman–Crippen MR) is 286 cm³/mol. The normalized spacial score (nSPS) is 12.1. The highest BCUT2D eigenvalue weighted by molar-refractivity contribution is 6.05. The Hall–Kier alpha value is -7.59. The molecule has 0 aliphatic carbocycles. The third-order valence-corrected chi connectivity index (χ3v) is 9.28. The van der Waals surface area contributed by atoms with Crippen LogP contribution in [0.25, 0.3) is 0 Å². The van der Waals surface area contributed by atoms with Gasteiger partial charge in [-0.15, -0.1) is 0 Å². The summed E-state index contributed by atoms with van der Waals surface area (Å²) in [4.78, 5) is 14.1. The Morgan fingerprint density at radius 3 is 0.611 bits per heavy atom. The third kappa shape index (κ3) is 17.7. The lowest BCUT2D eigenvalue weighted by Crippen LogP contribution is -2.14. The quantitative estimate of drug-likeness (QED) is 0.0682. The topological polar surface area (TPSA) is 219 Å². The van der Waals surface area contributed by atoms with E-state index >= 15 is 0 Å². The van der Waals surface area contributed by atoms with Crippen LogP contribution in [0.2, 0.25) is 0 Å². The molecular formula is C60H63N3O9. The summed E-state index contributed by atoms with van der Waals surface area (Å²) in [6.45, 7) is 23.6. The maximum atomic E-state index is 12.2. The van der Waals surface area contributed by atoms with Gasteiger partial charge in [-0.25, -0.2) is 0 Å². The average molecular weight is 970 g/mol. The first-order chi connectivity index (χ1) is 32.9. The van der Waals surface area contributed by atoms with E-state index in [1.165, 1.54) is 83.1 Å². The highest BCUT2D eigenvalue weighted by Gasteiger charge is 2.23. The molecule has 12 heteroatoms. The monoisotopic (exact) mass is 969 g/mol. The summed E-state index contributed by atoms with van der Waals surface area (Å²) in [7, 11) is 0. The van der Waals surface area contributed by atoms with Gasteiger partial charge in [-0.05, 0) is 157 Å². The second kappa shape index (κ2) is 21.8. The number of phenolic OH excluding ortho intramolecular Hbond substituents is 3. The molecule has 0 aliphatic heterocycles. The summed E-state index contributed by atoms with van der Waals surface area (Å²) in [5.41, 5.74) is -4.94. The largest absolute Gasteiger partial charge is 0.506 e. The van der Waals surface area contributed by atoms with Crippen LogP contribution in [0.5, 0.6) is 17.2 Å². The standard InChI is InChI=1S/C60H63N3O9/c1-37-28-40(16-22-55(4,5)67)49(41(29-37)17-23-56(6,7)68)61-34-46-52(64)47(35-62-50-42(18-24-57(8,9)69)30-38(2)31-43(50)19-25-58(10,11)70)54(66)48(53(46)65)36-63-51-44(20-26-59(12,13)71)32-39(3)33-45(51)21-27-60(14,15)72/h28-36,64-72H,1-15H3. The summed E-state index contributed by atoms with van der Waals surface area (Å²) in [6.07, 6.45) is 3.39. The molecule has 9 N–H and O–H groups in total. The fourth-order valence-electron chi connectivity index (χ4n) is 6.17. The SMILES string of the molecule is Cc1cc(C#CC(C)(C)O)c(N=Cc2c(O)c(C=Nc3c(C#CC(C)(C)O)cc(C)cc3C#CC(C)(C)O)c(O)c(C=Nc3c(C#CC(C)(C)O)cc(C)cc3C#CC(C)(C)O)c2O)c(C#CC(C)(C)O)c1. The van der Waals surface area contributed by atoms with E-state index in [0.29, 0.717) is 33.4 Å². The van der Waals surface area contributed by atoms with Gasteiger partial charge in [-0.1, -0.05) is 71.0 Å². The van der Waals surface area contributed by atoms with Gasteiger partial charge in [0.1, 0.15) is 50.9 Å². The fourth-order valence-corrected chi connectivity index (χ4v) is 6.17. The van der Waals surface area contributed by atoms with Crippen molar-refractivity contribution < 1.29 is 46.0 Å². The van der Waals surface area contributed by atoms with Crippen molar-refractivity contribution in [2.24, 2.45) is 15.0 Å². The minimum absolute atomic E-state index is 0.154. The first-order valence-corrected chi connectivity index (χ1v) is 22.8. The van der Waals surface area contributed by atoms with Crippen LogP contribution in [0, 0.1) is 91.8 Å². The van der Waals surface area contributed by atoms with E-state index in [1.54, 1.807) is 36.4 Å². The molecule has 12 nitrogen and oxygen atoms in total. The highest BCUT2D eigenvalue weighted by atomic mass is 16.3. The van der Waals surface area contributed by atoms with Crippen molar-refractivity contribution in [3.63, 3.8) is 0 Å². The molecular weight excluding hydrogens is 907 g/mol. The zero-order valence-corrected chi connectivity index (χ0v) is 43.6. The molecule has 0 spiro atoms. The van der Waals surface area contributed by atoms with Crippen molar-refractivity contribution in [1.29, 1.82) is 0 Å². The molecule has 0 saturated carbocycles. The molecule has 0 saturated heterocycles. The molecule has 0 fully saturated rings. The number of aliphatic imine (C=N–C) groups is 3. The van der Waals surface area contributed by atoms with Crippen molar-refractivity contribution >= 4 is 35.7 Å². The minimum atomic E-state index is -1.41. The van der Waals surface area contributed by atoms with E-state index in [0.717, 1.165) is 35.3 Å². The number of aliphatic hydroxyl groups is 6. The van der Waals surface area contributed by atoms with Gasteiger partial charge < -0.3 is 46.0 Å². The number of hydrogen-bond donors (Lipinski definition) is 9. The molecule has 0 bridgehead atoms. The van der Waals surface area contributed by atoms with Crippen LogP contribution in [0.1, 0.15) is 150 Å². The number of phenols is 3. The lowest BCUT2D eigenvalue weighted by molar-refractivity contribution is 0.143. The van der Waals surface area contributed by atoms with Gasteiger partial charge >= 0.3 is 0 Å². The zero-order valence-electron chi connectivity index (χ0n) is 43.6. The molecule has 0 heterocycles. The first kappa shape index (κ1) is 57.0. The van der Waals surface area contributed by atoms with Crippen LogP contribution in [0.15, 0.2) is 51.4 Å². The van der Waals surface area contributed by atoms with Crippen molar-refractivity contribution in [2.45, 2.75) is 137 Å². The smallest absolute Gasteiger partial charge is 0.140 e. The maximum Gasteiger partial charge on any atom is 0.140 e. The number of nitrogens with zero attached hydrogens (tertiary/aromatic N) is 3. The van der Waals surface area contributed by atoms with Gasteiger partial charge in [0.2, 0.25) is 0 Å². The first-order valence-electron chi connectivity index (χ1n) is 22.8. The Morgan fingerprint density at radius 2 is 0.472 bits per heavy atom. The second-order valence-corrected chi connectivity index (χ2v) is 20.5. The van der Waals surface area contributed by atoms with Gasteiger partial charge in [0, 0.05) is 18.6 Å². The molecule has 0 atom stereocenters. The van der Waals surface area contributed by atoms with Crippen LogP contribution in [-0.2, 0) is 0 Å². The Balaban J connectivity index is 2.24. The van der Waals surface area contributed by atoms with Gasteiger partial charge in [-0.3, -0.25) is 15.0 Å². The zero-order chi connectivity index (χ0) is 54.4. The second-order valence-electron chi connectivity index (χ2n) is 20.5. The maximum absolute atomic E-state index is 12.2. The summed E-state index contributed by atoms with van der Waals surface area (Å²) in [5.74, 6) is 32.3. The third-order valence-electron chi connectivity index (χ3n) is 9.28. The molecule has 4 rings (SSSR count). The minimum Gasteiger partial charge on any atom is -0.506 e. The van der Waals surface area contributed by atoms with Gasteiger partial charge in [0.05, 0.1) is 67.1 Å². The molecule has 72 heavy (non-hydrogen) atoms. The average Bonchev–Trinajstić information content (AvgIpc) is 3.21. The van der Waals surface area contributed by atoms with Crippen LogP contribution in [-0.4, -0.2) is 98.2 Å². The highest BCUT2D eigenvalue weighted by Crippen LogP contribution is 2.41. The van der Waals surface area contributed by atoms with E-state index in [9.17, 15) is 46.0 Å². The Kier molecular flexibility index (Phi) is 17.3. The molecule has 0 aromatic heterocycles.